The molecule has 2 aromatic carbocycles. The number of carbonyl (C=O) groups is 1. The molecular weight excluding hydrogens is 288 g/mol. The maximum Gasteiger partial charge on any atom is 0.309 e. The number of aromatic nitrogens is 1. The summed E-state index contributed by atoms with van der Waals surface area (Å²) in [7, 11) is 0. The van der Waals surface area contributed by atoms with Crippen LogP contribution in [0.5, 0.6) is 0 Å². The fraction of sp³-hybridized carbons (Fsp3) is 0.125. The third kappa shape index (κ3) is 3.12. The van der Waals surface area contributed by atoms with Crippen molar-refractivity contribution in [2.75, 3.05) is 6.54 Å². The van der Waals surface area contributed by atoms with Crippen molar-refractivity contribution in [1.29, 1.82) is 0 Å². The van der Waals surface area contributed by atoms with Gasteiger partial charge in [-0.1, -0.05) is 24.3 Å². The SMILES string of the molecule is O=C(O)CC[NH2+]c1c2ccccc2nc2ccccc12.[Cl-]. The number of para-hydroxylation sites is 2. The first-order valence-electron chi connectivity index (χ1n) is 6.58. The monoisotopic (exact) mass is 302 g/mol. The van der Waals surface area contributed by atoms with Crippen molar-refractivity contribution in [3.63, 3.8) is 0 Å². The van der Waals surface area contributed by atoms with E-state index in [-0.39, 0.29) is 18.8 Å². The summed E-state index contributed by atoms with van der Waals surface area (Å²) >= 11 is 0. The van der Waals surface area contributed by atoms with E-state index in [4.69, 9.17) is 5.11 Å². The minimum Gasteiger partial charge on any atom is -1.00 e. The Morgan fingerprint density at radius 3 is 2.05 bits per heavy atom. The molecule has 1 heterocycles. The molecule has 0 unspecified atom stereocenters. The van der Waals surface area contributed by atoms with Gasteiger partial charge < -0.3 is 22.8 Å². The van der Waals surface area contributed by atoms with Gasteiger partial charge in [0.2, 0.25) is 0 Å². The molecule has 0 saturated carbocycles. The second kappa shape index (κ2) is 6.52. The number of benzene rings is 2. The molecule has 3 aromatic rings. The summed E-state index contributed by atoms with van der Waals surface area (Å²) in [5.41, 5.74) is 2.95. The Bertz CT molecular complexity index is 735. The van der Waals surface area contributed by atoms with Gasteiger partial charge in [-0.25, -0.2) is 4.98 Å². The Kier molecular flexibility index (Phi) is 4.73. The Hall–Kier alpha value is -2.17. The van der Waals surface area contributed by atoms with Crippen LogP contribution in [0.2, 0.25) is 0 Å². The second-order valence-corrected chi connectivity index (χ2v) is 4.70. The average Bonchev–Trinajstić information content (AvgIpc) is 2.46. The fourth-order valence-electron chi connectivity index (χ4n) is 2.43. The predicted octanol–water partition coefficient (Wildman–Crippen LogP) is -0.938. The molecule has 3 N–H and O–H groups in total. The van der Waals surface area contributed by atoms with Crippen LogP contribution in [0.3, 0.4) is 0 Å². The molecular formula is C16H15ClN2O2. The molecule has 0 fully saturated rings. The standard InChI is InChI=1S/C16H14N2O2.ClH/c19-15(20)9-10-17-16-11-5-1-3-7-13(11)18-14-8-4-2-6-12(14)16;/h1-8H,9-10H2,(H,17,18)(H,19,20);1H. The molecule has 21 heavy (non-hydrogen) atoms. The highest BCUT2D eigenvalue weighted by Crippen LogP contribution is 2.26. The molecule has 0 aliphatic heterocycles. The van der Waals surface area contributed by atoms with Crippen molar-refractivity contribution in [3.05, 3.63) is 48.5 Å². The molecule has 1 aromatic heterocycles. The maximum absolute atomic E-state index is 10.7. The summed E-state index contributed by atoms with van der Waals surface area (Å²) in [6.07, 6.45) is 0.144. The normalized spacial score (nSPS) is 10.5. The van der Waals surface area contributed by atoms with E-state index in [9.17, 15) is 4.79 Å². The highest BCUT2D eigenvalue weighted by Gasteiger charge is 2.12. The summed E-state index contributed by atoms with van der Waals surface area (Å²) in [6.45, 7) is 0.521. The lowest BCUT2D eigenvalue weighted by Gasteiger charge is -2.08. The number of rotatable bonds is 4. The Balaban J connectivity index is 0.00000161. The van der Waals surface area contributed by atoms with E-state index in [1.54, 1.807) is 0 Å². The Morgan fingerprint density at radius 2 is 1.52 bits per heavy atom. The van der Waals surface area contributed by atoms with E-state index >= 15 is 0 Å². The lowest BCUT2D eigenvalue weighted by Crippen LogP contribution is -3.00. The predicted molar refractivity (Wildman–Crippen MR) is 78.0 cm³/mol. The molecule has 3 rings (SSSR count). The van der Waals surface area contributed by atoms with Gasteiger partial charge in [0.15, 0.2) is 0 Å². The summed E-state index contributed by atoms with van der Waals surface area (Å²) < 4.78 is 0. The number of aliphatic carboxylic acids is 1. The first kappa shape index (κ1) is 15.2. The van der Waals surface area contributed by atoms with Crippen molar-refractivity contribution >= 4 is 33.5 Å². The minimum absolute atomic E-state index is 0. The van der Waals surface area contributed by atoms with E-state index in [0.29, 0.717) is 6.54 Å². The molecule has 0 atom stereocenters. The summed E-state index contributed by atoms with van der Waals surface area (Å²) in [5.74, 6) is -0.774. The molecule has 4 nitrogen and oxygen atoms in total. The second-order valence-electron chi connectivity index (χ2n) is 4.70. The molecule has 0 aliphatic rings. The van der Waals surface area contributed by atoms with Gasteiger partial charge in [-0.2, -0.15) is 0 Å². The van der Waals surface area contributed by atoms with Gasteiger partial charge in [-0.05, 0) is 24.3 Å². The lowest BCUT2D eigenvalue weighted by molar-refractivity contribution is -0.567. The summed E-state index contributed by atoms with van der Waals surface area (Å²) in [5, 5.41) is 12.9. The number of hydrogen-bond donors (Lipinski definition) is 2. The van der Waals surface area contributed by atoms with E-state index in [1.807, 2.05) is 53.8 Å². The van der Waals surface area contributed by atoms with Crippen LogP contribution in [0, 0.1) is 0 Å². The molecule has 0 aliphatic carbocycles. The van der Waals surface area contributed by atoms with Crippen molar-refractivity contribution in [2.24, 2.45) is 0 Å². The van der Waals surface area contributed by atoms with Crippen LogP contribution in [0.25, 0.3) is 21.8 Å². The third-order valence-corrected chi connectivity index (χ3v) is 3.34. The Morgan fingerprint density at radius 1 is 1.00 bits per heavy atom. The van der Waals surface area contributed by atoms with Gasteiger partial charge in [0.25, 0.3) is 0 Å². The number of nitrogens with zero attached hydrogens (tertiary/aromatic N) is 1. The van der Waals surface area contributed by atoms with Gasteiger partial charge in [-0.3, -0.25) is 4.79 Å². The summed E-state index contributed by atoms with van der Waals surface area (Å²) in [6, 6.07) is 15.9. The van der Waals surface area contributed by atoms with Crippen LogP contribution in [0.4, 0.5) is 5.69 Å². The van der Waals surface area contributed by atoms with Gasteiger partial charge in [0.05, 0.1) is 34.8 Å². The van der Waals surface area contributed by atoms with E-state index in [0.717, 1.165) is 27.5 Å². The first-order valence-corrected chi connectivity index (χ1v) is 6.58. The first-order chi connectivity index (χ1) is 9.75. The molecule has 108 valence electrons. The number of pyridine rings is 1. The highest BCUT2D eigenvalue weighted by atomic mass is 35.5. The molecule has 0 radical (unpaired) electrons. The van der Waals surface area contributed by atoms with Crippen molar-refractivity contribution in [3.8, 4) is 0 Å². The number of carboxylic acid groups (broad SMARTS) is 1. The van der Waals surface area contributed by atoms with Gasteiger partial charge in [0, 0.05) is 0 Å². The van der Waals surface area contributed by atoms with E-state index in [2.05, 4.69) is 4.98 Å². The largest absolute Gasteiger partial charge is 1.00 e. The average molecular weight is 303 g/mol. The van der Waals surface area contributed by atoms with Crippen molar-refractivity contribution < 1.29 is 27.6 Å². The topological polar surface area (TPSA) is 66.8 Å². The fourth-order valence-corrected chi connectivity index (χ4v) is 2.43. The minimum atomic E-state index is -0.774. The smallest absolute Gasteiger partial charge is 0.309 e. The van der Waals surface area contributed by atoms with Crippen LogP contribution in [0.15, 0.2) is 48.5 Å². The van der Waals surface area contributed by atoms with Crippen LogP contribution in [-0.2, 0) is 4.79 Å². The number of carboxylic acids is 1. The number of halogens is 1. The quantitative estimate of drug-likeness (QED) is 0.612. The zero-order valence-corrected chi connectivity index (χ0v) is 12.0. The van der Waals surface area contributed by atoms with Crippen LogP contribution in [0.1, 0.15) is 6.42 Å². The Labute approximate surface area is 128 Å². The maximum atomic E-state index is 10.7. The number of quaternary nitrogens is 1. The van der Waals surface area contributed by atoms with Crippen molar-refractivity contribution in [2.45, 2.75) is 6.42 Å². The number of nitrogens with two attached hydrogens (primary N) is 1. The zero-order chi connectivity index (χ0) is 13.9. The summed E-state index contributed by atoms with van der Waals surface area (Å²) in [4.78, 5) is 15.3. The molecule has 0 saturated heterocycles. The number of hydrogen-bond acceptors (Lipinski definition) is 2. The van der Waals surface area contributed by atoms with Gasteiger partial charge >= 0.3 is 5.97 Å². The number of fused-ring (bicyclic) bond motifs is 2. The molecule has 0 amide bonds. The zero-order valence-electron chi connectivity index (χ0n) is 11.3. The third-order valence-electron chi connectivity index (χ3n) is 3.34. The lowest BCUT2D eigenvalue weighted by atomic mass is 10.1. The molecule has 5 heteroatoms. The molecule has 0 bridgehead atoms. The van der Waals surface area contributed by atoms with Gasteiger partial charge in [0.1, 0.15) is 5.69 Å². The highest BCUT2D eigenvalue weighted by molar-refractivity contribution is 6.03. The van der Waals surface area contributed by atoms with Gasteiger partial charge in [-0.15, -0.1) is 0 Å². The van der Waals surface area contributed by atoms with Crippen LogP contribution in [-0.4, -0.2) is 22.6 Å². The van der Waals surface area contributed by atoms with Crippen LogP contribution >= 0.6 is 0 Å². The van der Waals surface area contributed by atoms with Crippen LogP contribution < -0.4 is 17.7 Å². The van der Waals surface area contributed by atoms with E-state index < -0.39 is 5.97 Å². The van der Waals surface area contributed by atoms with E-state index in [1.165, 1.54) is 0 Å². The van der Waals surface area contributed by atoms with Crippen molar-refractivity contribution in [1.82, 2.24) is 4.98 Å². The molecule has 0 spiro atoms.